The highest BCUT2D eigenvalue weighted by Crippen LogP contribution is 2.09. The quantitative estimate of drug-likeness (QED) is 0.539. The number of carbonyl (C=O) groups is 3. The van der Waals surface area contributed by atoms with Gasteiger partial charge in [-0.1, -0.05) is 6.07 Å². The van der Waals surface area contributed by atoms with Gasteiger partial charge in [0.2, 0.25) is 0 Å². The van der Waals surface area contributed by atoms with Gasteiger partial charge in [-0.2, -0.15) is 0 Å². The molecule has 0 spiro atoms. The highest BCUT2D eigenvalue weighted by Gasteiger charge is 2.18. The Kier molecular flexibility index (Phi) is 7.91. The molecule has 0 saturated carbocycles. The molecule has 2 amide bonds. The smallest absolute Gasteiger partial charge is 0.326 e. The fourth-order valence-electron chi connectivity index (χ4n) is 1.85. The third kappa shape index (κ3) is 6.37. The van der Waals surface area contributed by atoms with Gasteiger partial charge in [-0.15, -0.1) is 0 Å². The van der Waals surface area contributed by atoms with Crippen LogP contribution in [0.25, 0.3) is 0 Å². The number of ether oxygens (including phenoxy) is 2. The van der Waals surface area contributed by atoms with E-state index in [1.165, 1.54) is 14.0 Å². The van der Waals surface area contributed by atoms with Gasteiger partial charge in [-0.25, -0.2) is 0 Å². The monoisotopic (exact) mass is 336 g/mol. The van der Waals surface area contributed by atoms with Crippen molar-refractivity contribution in [3.05, 3.63) is 34.9 Å². The Balaban J connectivity index is 2.40. The van der Waals surface area contributed by atoms with Gasteiger partial charge in [0.25, 0.3) is 11.8 Å². The third-order valence-electron chi connectivity index (χ3n) is 3.45. The van der Waals surface area contributed by atoms with Crippen molar-refractivity contribution >= 4 is 17.8 Å². The van der Waals surface area contributed by atoms with E-state index in [4.69, 9.17) is 9.47 Å². The van der Waals surface area contributed by atoms with Crippen LogP contribution in [0.1, 0.15) is 28.4 Å². The van der Waals surface area contributed by atoms with Gasteiger partial charge in [0.05, 0.1) is 6.61 Å². The number of carbonyl (C=O) groups excluding carboxylic acids is 3. The molecule has 0 aliphatic carbocycles. The number of methoxy groups -OCH3 is 1. The Morgan fingerprint density at radius 1 is 1.12 bits per heavy atom. The fourth-order valence-corrected chi connectivity index (χ4v) is 1.85. The maximum atomic E-state index is 12.0. The van der Waals surface area contributed by atoms with Gasteiger partial charge >= 0.3 is 5.97 Å². The Hall–Kier alpha value is -2.41. The number of amides is 2. The van der Waals surface area contributed by atoms with Crippen molar-refractivity contribution in [3.8, 4) is 0 Å². The minimum absolute atomic E-state index is 0.304. The molecule has 132 valence electrons. The summed E-state index contributed by atoms with van der Waals surface area (Å²) in [7, 11) is 1.52. The van der Waals surface area contributed by atoms with E-state index in [9.17, 15) is 14.4 Å². The van der Waals surface area contributed by atoms with Gasteiger partial charge < -0.3 is 20.1 Å². The maximum Gasteiger partial charge on any atom is 0.326 e. The summed E-state index contributed by atoms with van der Waals surface area (Å²) in [4.78, 5) is 35.3. The first-order valence-corrected chi connectivity index (χ1v) is 7.66. The Labute approximate surface area is 141 Å². The molecular formula is C17H24N2O5. The minimum Gasteiger partial charge on any atom is -0.451 e. The number of hydrogen-bond donors (Lipinski definition) is 2. The lowest BCUT2D eigenvalue weighted by atomic mass is 10.1. The van der Waals surface area contributed by atoms with Crippen LogP contribution in [0.15, 0.2) is 18.2 Å². The van der Waals surface area contributed by atoms with Gasteiger partial charge in [0.15, 0.2) is 6.10 Å². The molecule has 24 heavy (non-hydrogen) atoms. The average molecular weight is 336 g/mol. The Bertz CT molecular complexity index is 601. The first kappa shape index (κ1) is 19.6. The number of aryl methyl sites for hydroxylation is 2. The molecule has 0 aliphatic heterocycles. The number of esters is 1. The van der Waals surface area contributed by atoms with E-state index in [2.05, 4.69) is 10.6 Å². The molecule has 0 radical (unpaired) electrons. The van der Waals surface area contributed by atoms with E-state index in [1.807, 2.05) is 19.9 Å². The van der Waals surface area contributed by atoms with Crippen LogP contribution in [-0.4, -0.2) is 50.7 Å². The van der Waals surface area contributed by atoms with Crippen molar-refractivity contribution in [2.45, 2.75) is 26.9 Å². The molecule has 1 aromatic rings. The van der Waals surface area contributed by atoms with Crippen molar-refractivity contribution in [2.75, 3.05) is 26.8 Å². The summed E-state index contributed by atoms with van der Waals surface area (Å²) in [6.45, 7) is 5.73. The lowest BCUT2D eigenvalue weighted by Crippen LogP contribution is -2.39. The highest BCUT2D eigenvalue weighted by molar-refractivity contribution is 5.96. The van der Waals surface area contributed by atoms with Crippen LogP contribution in [0.4, 0.5) is 0 Å². The maximum absolute atomic E-state index is 12.0. The molecule has 0 saturated heterocycles. The van der Waals surface area contributed by atoms with Crippen LogP contribution in [0.3, 0.4) is 0 Å². The van der Waals surface area contributed by atoms with Crippen LogP contribution < -0.4 is 10.6 Å². The summed E-state index contributed by atoms with van der Waals surface area (Å²) >= 11 is 0. The molecule has 1 rings (SSSR count). The minimum atomic E-state index is -0.937. The summed E-state index contributed by atoms with van der Waals surface area (Å²) in [5.74, 6) is -1.46. The molecule has 1 aromatic carbocycles. The second kappa shape index (κ2) is 9.67. The lowest BCUT2D eigenvalue weighted by molar-refractivity contribution is -0.153. The van der Waals surface area contributed by atoms with Crippen molar-refractivity contribution in [2.24, 2.45) is 0 Å². The van der Waals surface area contributed by atoms with E-state index >= 15 is 0 Å². The van der Waals surface area contributed by atoms with Gasteiger partial charge in [-0.3, -0.25) is 14.4 Å². The van der Waals surface area contributed by atoms with Gasteiger partial charge in [0.1, 0.15) is 6.54 Å². The summed E-state index contributed by atoms with van der Waals surface area (Å²) in [6, 6.07) is 5.28. The molecule has 7 heteroatoms. The van der Waals surface area contributed by atoms with Crippen molar-refractivity contribution in [1.29, 1.82) is 0 Å². The normalized spacial score (nSPS) is 11.5. The summed E-state index contributed by atoms with van der Waals surface area (Å²) in [5.41, 5.74) is 2.54. The van der Waals surface area contributed by atoms with Crippen LogP contribution in [0.5, 0.6) is 0 Å². The Morgan fingerprint density at radius 3 is 2.46 bits per heavy atom. The first-order chi connectivity index (χ1) is 11.3. The highest BCUT2D eigenvalue weighted by atomic mass is 16.5. The zero-order valence-corrected chi connectivity index (χ0v) is 14.5. The van der Waals surface area contributed by atoms with Gasteiger partial charge in [0, 0.05) is 19.2 Å². The second-order valence-electron chi connectivity index (χ2n) is 5.40. The zero-order valence-electron chi connectivity index (χ0n) is 14.5. The Morgan fingerprint density at radius 2 is 1.83 bits per heavy atom. The summed E-state index contributed by atoms with van der Waals surface area (Å²) in [5, 5.41) is 5.04. The van der Waals surface area contributed by atoms with Crippen LogP contribution in [-0.2, 0) is 19.1 Å². The molecule has 0 unspecified atom stereocenters. The molecule has 0 fully saturated rings. The first-order valence-electron chi connectivity index (χ1n) is 7.66. The largest absolute Gasteiger partial charge is 0.451 e. The van der Waals surface area contributed by atoms with E-state index in [-0.39, 0.29) is 12.5 Å². The SMILES string of the molecule is COCCNC(=O)[C@@H](C)OC(=O)CNC(=O)c1ccc(C)c(C)c1. The fraction of sp³-hybridized carbons (Fsp3) is 0.471. The number of hydrogen-bond acceptors (Lipinski definition) is 5. The van der Waals surface area contributed by atoms with Crippen molar-refractivity contribution in [1.82, 2.24) is 10.6 Å². The van der Waals surface area contributed by atoms with E-state index in [0.717, 1.165) is 11.1 Å². The van der Waals surface area contributed by atoms with Crippen LogP contribution in [0, 0.1) is 13.8 Å². The summed E-state index contributed by atoms with van der Waals surface area (Å²) in [6.07, 6.45) is -0.937. The van der Waals surface area contributed by atoms with E-state index < -0.39 is 18.0 Å². The van der Waals surface area contributed by atoms with Gasteiger partial charge in [-0.05, 0) is 44.0 Å². The molecule has 2 N–H and O–H groups in total. The molecule has 7 nitrogen and oxygen atoms in total. The molecular weight excluding hydrogens is 312 g/mol. The van der Waals surface area contributed by atoms with Crippen LogP contribution >= 0.6 is 0 Å². The van der Waals surface area contributed by atoms with Crippen LogP contribution in [0.2, 0.25) is 0 Å². The van der Waals surface area contributed by atoms with E-state index in [0.29, 0.717) is 18.7 Å². The standard InChI is InChI=1S/C17H24N2O5/c1-11-5-6-14(9-12(11)2)17(22)19-10-15(20)24-13(3)16(21)18-7-8-23-4/h5-6,9,13H,7-8,10H2,1-4H3,(H,18,21)(H,19,22)/t13-/m1/s1. The molecule has 0 heterocycles. The molecule has 0 bridgehead atoms. The number of nitrogens with one attached hydrogen (secondary N) is 2. The predicted molar refractivity (Wildman–Crippen MR) is 88.7 cm³/mol. The zero-order chi connectivity index (χ0) is 18.1. The molecule has 0 aliphatic rings. The third-order valence-corrected chi connectivity index (χ3v) is 3.45. The van der Waals surface area contributed by atoms with Crippen molar-refractivity contribution in [3.63, 3.8) is 0 Å². The number of benzene rings is 1. The molecule has 1 atom stereocenters. The average Bonchev–Trinajstić information content (AvgIpc) is 2.55. The van der Waals surface area contributed by atoms with Crippen molar-refractivity contribution < 1.29 is 23.9 Å². The topological polar surface area (TPSA) is 93.7 Å². The number of rotatable bonds is 8. The second-order valence-corrected chi connectivity index (χ2v) is 5.40. The summed E-state index contributed by atoms with van der Waals surface area (Å²) < 4.78 is 9.77. The molecule has 0 aromatic heterocycles. The lowest BCUT2D eigenvalue weighted by Gasteiger charge is -2.13. The van der Waals surface area contributed by atoms with E-state index in [1.54, 1.807) is 12.1 Å². The predicted octanol–water partition coefficient (Wildman–Crippen LogP) is 0.728.